The Morgan fingerprint density at radius 2 is 1.44 bits per heavy atom. The molecule has 1 aliphatic heterocycles. The number of para-hydroxylation sites is 2. The van der Waals surface area contributed by atoms with Crippen LogP contribution < -0.4 is 24.0 Å². The number of likely N-dealkylation sites (N-methyl/N-ethyl adjacent to an activating group) is 1. The summed E-state index contributed by atoms with van der Waals surface area (Å²) in [6, 6.07) is 21.7. The topological polar surface area (TPSA) is 68.3 Å². The number of imide groups is 1. The molecule has 7 heteroatoms. The van der Waals surface area contributed by atoms with E-state index < -0.39 is 11.8 Å². The van der Waals surface area contributed by atoms with E-state index in [1.807, 2.05) is 54.3 Å². The number of carbonyl (C=O) groups excluding carboxylic acids is 2. The quantitative estimate of drug-likeness (QED) is 0.462. The third kappa shape index (κ3) is 3.85. The van der Waals surface area contributed by atoms with E-state index in [1.165, 1.54) is 7.11 Å². The normalized spacial score (nSPS) is 13.4. The van der Waals surface area contributed by atoms with Crippen molar-refractivity contribution in [2.24, 2.45) is 0 Å². The van der Waals surface area contributed by atoms with Crippen molar-refractivity contribution < 1.29 is 23.8 Å². The standard InChI is InChI=1S/C27H26N2O5/c1-5-28(18-11-7-6-8-12-18)25-24(20-13-9-10-14-22(20)33-3)26(30)29(27(25)31)21-16-15-19(32-2)17-23(21)34-4/h6-17H,5H2,1-4H3. The van der Waals surface area contributed by atoms with Crippen LogP contribution in [0, 0.1) is 0 Å². The van der Waals surface area contributed by atoms with Gasteiger partial charge < -0.3 is 19.1 Å². The Morgan fingerprint density at radius 3 is 2.09 bits per heavy atom. The fourth-order valence-corrected chi connectivity index (χ4v) is 4.13. The van der Waals surface area contributed by atoms with Gasteiger partial charge in [-0.05, 0) is 37.3 Å². The summed E-state index contributed by atoms with van der Waals surface area (Å²) in [5.74, 6) is 0.507. The third-order valence-electron chi connectivity index (χ3n) is 5.72. The molecule has 1 heterocycles. The molecule has 3 aromatic carbocycles. The minimum Gasteiger partial charge on any atom is -0.497 e. The van der Waals surface area contributed by atoms with E-state index in [4.69, 9.17) is 14.2 Å². The molecule has 0 N–H and O–H groups in total. The monoisotopic (exact) mass is 458 g/mol. The first-order valence-electron chi connectivity index (χ1n) is 10.9. The van der Waals surface area contributed by atoms with Crippen molar-refractivity contribution in [2.45, 2.75) is 6.92 Å². The maximum Gasteiger partial charge on any atom is 0.282 e. The largest absolute Gasteiger partial charge is 0.497 e. The van der Waals surface area contributed by atoms with E-state index in [1.54, 1.807) is 44.6 Å². The number of methoxy groups -OCH3 is 3. The van der Waals surface area contributed by atoms with E-state index >= 15 is 0 Å². The van der Waals surface area contributed by atoms with Crippen molar-refractivity contribution in [3.05, 3.63) is 84.1 Å². The predicted molar refractivity (Wildman–Crippen MR) is 131 cm³/mol. The molecule has 0 atom stereocenters. The molecule has 0 spiro atoms. The molecule has 0 saturated carbocycles. The zero-order chi connectivity index (χ0) is 24.2. The molecule has 0 bridgehead atoms. The van der Waals surface area contributed by atoms with Gasteiger partial charge in [0, 0.05) is 23.9 Å². The first-order chi connectivity index (χ1) is 16.5. The number of ether oxygens (including phenoxy) is 3. The average Bonchev–Trinajstić information content (AvgIpc) is 3.14. The molecule has 0 fully saturated rings. The number of rotatable bonds is 8. The smallest absolute Gasteiger partial charge is 0.282 e. The summed E-state index contributed by atoms with van der Waals surface area (Å²) in [6.45, 7) is 2.42. The molecule has 0 aromatic heterocycles. The van der Waals surface area contributed by atoms with Crippen molar-refractivity contribution in [3.8, 4) is 17.2 Å². The number of benzene rings is 3. The van der Waals surface area contributed by atoms with Crippen LogP contribution in [-0.4, -0.2) is 39.7 Å². The van der Waals surface area contributed by atoms with Gasteiger partial charge in [0.05, 0.1) is 32.6 Å². The average molecular weight is 459 g/mol. The summed E-state index contributed by atoms with van der Waals surface area (Å²) in [5.41, 5.74) is 2.23. The highest BCUT2D eigenvalue weighted by Crippen LogP contribution is 2.42. The van der Waals surface area contributed by atoms with Gasteiger partial charge in [0.25, 0.3) is 11.8 Å². The Kier molecular flexibility index (Phi) is 6.54. The van der Waals surface area contributed by atoms with Gasteiger partial charge in [-0.3, -0.25) is 9.59 Å². The molecule has 174 valence electrons. The van der Waals surface area contributed by atoms with Gasteiger partial charge in [0.1, 0.15) is 22.9 Å². The molecular weight excluding hydrogens is 432 g/mol. The highest BCUT2D eigenvalue weighted by molar-refractivity contribution is 6.47. The van der Waals surface area contributed by atoms with Crippen molar-refractivity contribution in [1.29, 1.82) is 0 Å². The van der Waals surface area contributed by atoms with Crippen molar-refractivity contribution >= 4 is 28.8 Å². The van der Waals surface area contributed by atoms with Crippen LogP contribution in [0.4, 0.5) is 11.4 Å². The summed E-state index contributed by atoms with van der Waals surface area (Å²) in [7, 11) is 4.57. The Bertz CT molecular complexity index is 1250. The molecule has 3 aromatic rings. The first-order valence-corrected chi connectivity index (χ1v) is 10.9. The summed E-state index contributed by atoms with van der Waals surface area (Å²) < 4.78 is 16.3. The van der Waals surface area contributed by atoms with Crippen LogP contribution in [0.15, 0.2) is 78.5 Å². The third-order valence-corrected chi connectivity index (χ3v) is 5.72. The lowest BCUT2D eigenvalue weighted by atomic mass is 10.0. The van der Waals surface area contributed by atoms with Gasteiger partial charge in [0.15, 0.2) is 0 Å². The summed E-state index contributed by atoms with van der Waals surface area (Å²) in [5, 5.41) is 0. The van der Waals surface area contributed by atoms with Gasteiger partial charge in [0.2, 0.25) is 0 Å². The summed E-state index contributed by atoms with van der Waals surface area (Å²) >= 11 is 0. The van der Waals surface area contributed by atoms with Crippen molar-refractivity contribution in [2.75, 3.05) is 37.7 Å². The second-order valence-corrected chi connectivity index (χ2v) is 7.49. The second kappa shape index (κ2) is 9.70. The molecule has 4 rings (SSSR count). The van der Waals surface area contributed by atoms with Crippen LogP contribution in [0.1, 0.15) is 12.5 Å². The fourth-order valence-electron chi connectivity index (χ4n) is 4.13. The summed E-state index contributed by atoms with van der Waals surface area (Å²) in [6.07, 6.45) is 0. The summed E-state index contributed by atoms with van der Waals surface area (Å²) in [4.78, 5) is 30.9. The number of carbonyl (C=O) groups is 2. The van der Waals surface area contributed by atoms with Crippen LogP contribution in [-0.2, 0) is 9.59 Å². The minimum atomic E-state index is -0.456. The SMILES string of the molecule is CCN(C1=C(c2ccccc2OC)C(=O)N(c2ccc(OC)cc2OC)C1=O)c1ccccc1. The number of amides is 2. The Balaban J connectivity index is 1.95. The molecule has 7 nitrogen and oxygen atoms in total. The molecule has 0 unspecified atom stereocenters. The lowest BCUT2D eigenvalue weighted by molar-refractivity contribution is -0.120. The van der Waals surface area contributed by atoms with Gasteiger partial charge in [-0.15, -0.1) is 0 Å². The van der Waals surface area contributed by atoms with Gasteiger partial charge in [-0.1, -0.05) is 36.4 Å². The number of nitrogens with zero attached hydrogens (tertiary/aromatic N) is 2. The minimum absolute atomic E-state index is 0.269. The van der Waals surface area contributed by atoms with Crippen molar-refractivity contribution in [1.82, 2.24) is 0 Å². The maximum atomic E-state index is 14.0. The number of anilines is 2. The van der Waals surface area contributed by atoms with Crippen LogP contribution in [0.5, 0.6) is 17.2 Å². The van der Waals surface area contributed by atoms with E-state index in [9.17, 15) is 9.59 Å². The van der Waals surface area contributed by atoms with Crippen LogP contribution in [0.3, 0.4) is 0 Å². The van der Waals surface area contributed by atoms with E-state index in [0.29, 0.717) is 35.0 Å². The van der Waals surface area contributed by atoms with Gasteiger partial charge in [-0.25, -0.2) is 4.90 Å². The highest BCUT2D eigenvalue weighted by Gasteiger charge is 2.44. The Hall–Kier alpha value is -4.26. The van der Waals surface area contributed by atoms with E-state index in [-0.39, 0.29) is 11.3 Å². The maximum absolute atomic E-state index is 14.0. The Labute approximate surface area is 198 Å². The highest BCUT2D eigenvalue weighted by atomic mass is 16.5. The lowest BCUT2D eigenvalue weighted by Gasteiger charge is -2.25. The second-order valence-electron chi connectivity index (χ2n) is 7.49. The molecule has 0 saturated heterocycles. The Morgan fingerprint density at radius 1 is 0.765 bits per heavy atom. The van der Waals surface area contributed by atoms with E-state index in [2.05, 4.69) is 0 Å². The van der Waals surface area contributed by atoms with Crippen molar-refractivity contribution in [3.63, 3.8) is 0 Å². The molecular formula is C27H26N2O5. The zero-order valence-electron chi connectivity index (χ0n) is 19.6. The van der Waals surface area contributed by atoms with Gasteiger partial charge >= 0.3 is 0 Å². The fraction of sp³-hybridized carbons (Fsp3) is 0.185. The first kappa shape index (κ1) is 22.9. The molecule has 34 heavy (non-hydrogen) atoms. The number of hydrogen-bond donors (Lipinski definition) is 0. The molecule has 2 amide bonds. The lowest BCUT2D eigenvalue weighted by Crippen LogP contribution is -2.35. The molecule has 0 aliphatic carbocycles. The van der Waals surface area contributed by atoms with Crippen LogP contribution >= 0.6 is 0 Å². The van der Waals surface area contributed by atoms with E-state index in [0.717, 1.165) is 10.6 Å². The molecule has 1 aliphatic rings. The molecule has 0 radical (unpaired) electrons. The van der Waals surface area contributed by atoms with Crippen LogP contribution in [0.2, 0.25) is 0 Å². The van der Waals surface area contributed by atoms with Crippen LogP contribution in [0.25, 0.3) is 5.57 Å². The zero-order valence-corrected chi connectivity index (χ0v) is 19.6. The van der Waals surface area contributed by atoms with Gasteiger partial charge in [-0.2, -0.15) is 0 Å². The number of hydrogen-bond acceptors (Lipinski definition) is 6. The predicted octanol–water partition coefficient (Wildman–Crippen LogP) is 4.52.